The van der Waals surface area contributed by atoms with Gasteiger partial charge in [0.1, 0.15) is 22.9 Å². The van der Waals surface area contributed by atoms with Crippen LogP contribution in [0.3, 0.4) is 0 Å². The van der Waals surface area contributed by atoms with E-state index in [4.69, 9.17) is 5.73 Å². The number of fused-ring (bicyclic) bond motifs is 4. The number of halogens is 1. The lowest BCUT2D eigenvalue weighted by atomic mass is 9.58. The molecule has 13 heteroatoms. The molecule has 0 unspecified atom stereocenters. The number of hydrogen-bond donors (Lipinski definition) is 6. The molecule has 3 aliphatic carbocycles. The second-order valence-electron chi connectivity index (χ2n) is 12.4. The van der Waals surface area contributed by atoms with E-state index in [1.54, 1.807) is 11.9 Å². The second-order valence-corrected chi connectivity index (χ2v) is 12.4. The van der Waals surface area contributed by atoms with E-state index in [1.807, 2.05) is 13.8 Å². The van der Waals surface area contributed by atoms with E-state index in [0.29, 0.717) is 6.42 Å². The summed E-state index contributed by atoms with van der Waals surface area (Å²) < 4.78 is 16.3. The maximum atomic E-state index is 16.3. The fourth-order valence-corrected chi connectivity index (χ4v) is 7.18. The number of anilines is 1. The van der Waals surface area contributed by atoms with Crippen molar-refractivity contribution in [3.63, 3.8) is 0 Å². The molecule has 5 rings (SSSR count). The Morgan fingerprint density at radius 2 is 1.83 bits per heavy atom. The first-order valence-electron chi connectivity index (χ1n) is 13.8. The van der Waals surface area contributed by atoms with E-state index < -0.39 is 92.7 Å². The first-order valence-corrected chi connectivity index (χ1v) is 13.8. The van der Waals surface area contributed by atoms with Crippen molar-refractivity contribution in [3.8, 4) is 5.75 Å². The minimum absolute atomic E-state index is 0.0100. The third-order valence-electron chi connectivity index (χ3n) is 9.11. The quantitative estimate of drug-likeness (QED) is 0.219. The Kier molecular flexibility index (Phi) is 6.99. The molecule has 12 nitrogen and oxygen atoms in total. The first kappa shape index (κ1) is 29.7. The Bertz CT molecular complexity index is 1520. The highest BCUT2D eigenvalue weighted by atomic mass is 19.1. The number of primary amides is 1. The van der Waals surface area contributed by atoms with Crippen LogP contribution in [0.1, 0.15) is 48.2 Å². The topological polar surface area (TPSA) is 194 Å². The molecule has 42 heavy (non-hydrogen) atoms. The Balaban J connectivity index is 1.68. The minimum Gasteiger partial charge on any atom is -0.510 e. The summed E-state index contributed by atoms with van der Waals surface area (Å²) in [6.07, 6.45) is 0.125. The average Bonchev–Trinajstić information content (AvgIpc) is 3.00. The number of ketones is 2. The van der Waals surface area contributed by atoms with Gasteiger partial charge in [0.05, 0.1) is 23.3 Å². The van der Waals surface area contributed by atoms with Crippen LogP contribution in [0.4, 0.5) is 10.1 Å². The van der Waals surface area contributed by atoms with Gasteiger partial charge in [-0.05, 0) is 52.2 Å². The van der Waals surface area contributed by atoms with Crippen LogP contribution in [-0.2, 0) is 27.3 Å². The third-order valence-corrected chi connectivity index (χ3v) is 9.11. The Morgan fingerprint density at radius 3 is 2.40 bits per heavy atom. The number of allylic oxidation sites excluding steroid dienone is 1. The number of carbonyl (C=O) groups is 4. The minimum atomic E-state index is -2.80. The first-order chi connectivity index (χ1) is 19.5. The van der Waals surface area contributed by atoms with Crippen molar-refractivity contribution in [3.05, 3.63) is 45.2 Å². The number of nitrogens with two attached hydrogens (primary N) is 1. The zero-order valence-corrected chi connectivity index (χ0v) is 24.0. The lowest BCUT2D eigenvalue weighted by Crippen LogP contribution is -2.63. The SMILES string of the molecule is CC(C)C[C@H]1C(=O)Nc2c(O)c3c(c(F)c2CN1C)C[C@H]1C[C@H]2[C@H](N(C)C)C(O)=C(C(N)=O)C(=O)[C@@]2(O)C(O)=C1C3=O. The molecule has 0 bridgehead atoms. The van der Waals surface area contributed by atoms with Crippen LogP contribution >= 0.6 is 0 Å². The number of aliphatic hydroxyl groups excluding tert-OH is 2. The number of Topliss-reactive ketones (excluding diaryl/α,β-unsaturated/α-hetero) is 2. The zero-order chi connectivity index (χ0) is 31.2. The number of hydrogen-bond acceptors (Lipinski definition) is 10. The Morgan fingerprint density at radius 1 is 1.19 bits per heavy atom. The normalized spacial score (nSPS) is 29.7. The summed E-state index contributed by atoms with van der Waals surface area (Å²) in [5, 5.41) is 47.9. The summed E-state index contributed by atoms with van der Waals surface area (Å²) in [6, 6.07) is -1.77. The summed E-state index contributed by atoms with van der Waals surface area (Å²) in [5.74, 6) is -9.37. The van der Waals surface area contributed by atoms with Gasteiger partial charge in [-0.15, -0.1) is 0 Å². The Hall–Kier alpha value is -3.81. The molecule has 0 aromatic heterocycles. The van der Waals surface area contributed by atoms with E-state index in [-0.39, 0.29) is 42.1 Å². The molecule has 1 aliphatic heterocycles. The van der Waals surface area contributed by atoms with Crippen LogP contribution in [0.5, 0.6) is 5.75 Å². The number of aromatic hydroxyl groups is 1. The maximum Gasteiger partial charge on any atom is 0.255 e. The molecule has 1 heterocycles. The van der Waals surface area contributed by atoms with Crippen LogP contribution in [-0.4, -0.2) is 92.4 Å². The van der Waals surface area contributed by atoms with Gasteiger partial charge < -0.3 is 31.5 Å². The van der Waals surface area contributed by atoms with Gasteiger partial charge in [0, 0.05) is 29.2 Å². The highest BCUT2D eigenvalue weighted by Crippen LogP contribution is 2.53. The van der Waals surface area contributed by atoms with Crippen molar-refractivity contribution in [2.45, 2.75) is 57.3 Å². The molecule has 5 atom stereocenters. The van der Waals surface area contributed by atoms with Crippen LogP contribution in [0.25, 0.3) is 0 Å². The lowest BCUT2D eigenvalue weighted by molar-refractivity contribution is -0.148. The molecule has 7 N–H and O–H groups in total. The van der Waals surface area contributed by atoms with Gasteiger partial charge in [0.15, 0.2) is 17.1 Å². The highest BCUT2D eigenvalue weighted by molar-refractivity contribution is 6.25. The highest BCUT2D eigenvalue weighted by Gasteiger charge is 2.63. The van der Waals surface area contributed by atoms with E-state index in [0.717, 1.165) is 0 Å². The zero-order valence-electron chi connectivity index (χ0n) is 24.0. The number of aliphatic hydroxyl groups is 3. The van der Waals surface area contributed by atoms with Crippen LogP contribution in [0, 0.1) is 23.6 Å². The largest absolute Gasteiger partial charge is 0.510 e. The molecule has 1 aromatic rings. The van der Waals surface area contributed by atoms with Crippen molar-refractivity contribution in [2.24, 2.45) is 23.5 Å². The molecular weight excluding hydrogens is 551 g/mol. The smallest absolute Gasteiger partial charge is 0.255 e. The van der Waals surface area contributed by atoms with Gasteiger partial charge >= 0.3 is 0 Å². The predicted molar refractivity (Wildman–Crippen MR) is 147 cm³/mol. The van der Waals surface area contributed by atoms with E-state index in [9.17, 15) is 39.6 Å². The van der Waals surface area contributed by atoms with Crippen molar-refractivity contribution in [1.29, 1.82) is 0 Å². The number of amides is 2. The summed E-state index contributed by atoms with van der Waals surface area (Å²) in [7, 11) is 4.72. The molecule has 226 valence electrons. The standard InChI is InChI=1S/C29H35FN4O8/c1-10(2)6-15-28(41)32-20-13(9-34(15)5)19(30)12-7-11-8-14-21(33(3)4)24(37)18(27(31)40)26(39)29(14,42)25(38)16(11)22(35)17(12)23(20)36/h10-11,14-15,21,36-38,42H,6-9H2,1-5H3,(H2,31,40)(H,32,41)/t11-,14-,15-,21-,29-/m0/s1. The number of phenols is 1. The maximum absolute atomic E-state index is 16.3. The number of benzene rings is 1. The molecular formula is C29H35FN4O8. The molecule has 0 spiro atoms. The van der Waals surface area contributed by atoms with Gasteiger partial charge in [-0.2, -0.15) is 0 Å². The van der Waals surface area contributed by atoms with Crippen LogP contribution < -0.4 is 11.1 Å². The lowest BCUT2D eigenvalue weighted by Gasteiger charge is -2.50. The molecule has 2 amide bonds. The summed E-state index contributed by atoms with van der Waals surface area (Å²) in [4.78, 5) is 55.7. The molecule has 0 fully saturated rings. The number of rotatable bonds is 4. The molecule has 0 radical (unpaired) electrons. The summed E-state index contributed by atoms with van der Waals surface area (Å²) in [5.41, 5.74) is 0.385. The monoisotopic (exact) mass is 586 g/mol. The van der Waals surface area contributed by atoms with Gasteiger partial charge in [0.2, 0.25) is 11.7 Å². The van der Waals surface area contributed by atoms with Crippen LogP contribution in [0.15, 0.2) is 22.7 Å². The number of nitrogens with zero attached hydrogens (tertiary/aromatic N) is 2. The van der Waals surface area contributed by atoms with Gasteiger partial charge in [-0.1, -0.05) is 13.8 Å². The van der Waals surface area contributed by atoms with Crippen molar-refractivity contribution in [2.75, 3.05) is 26.5 Å². The fraction of sp³-hybridized carbons (Fsp3) is 0.517. The Labute approximate surface area is 241 Å². The summed E-state index contributed by atoms with van der Waals surface area (Å²) >= 11 is 0. The predicted octanol–water partition coefficient (Wildman–Crippen LogP) is 1.06. The van der Waals surface area contributed by atoms with Crippen LogP contribution in [0.2, 0.25) is 0 Å². The number of phenolic OH excluding ortho intramolecular Hbond substituents is 1. The number of carbonyl (C=O) groups excluding carboxylic acids is 4. The van der Waals surface area contributed by atoms with Crippen molar-refractivity contribution < 1.29 is 44.0 Å². The number of nitrogens with one attached hydrogen (secondary N) is 1. The average molecular weight is 587 g/mol. The third kappa shape index (κ3) is 3.97. The van der Waals surface area contributed by atoms with Gasteiger partial charge in [-0.25, -0.2) is 4.39 Å². The molecule has 4 aliphatic rings. The van der Waals surface area contributed by atoms with E-state index >= 15 is 4.39 Å². The fourth-order valence-electron chi connectivity index (χ4n) is 7.18. The van der Waals surface area contributed by atoms with Gasteiger partial charge in [-0.3, -0.25) is 29.0 Å². The molecule has 1 aromatic carbocycles. The second kappa shape index (κ2) is 9.89. The van der Waals surface area contributed by atoms with Crippen molar-refractivity contribution >= 4 is 29.1 Å². The van der Waals surface area contributed by atoms with Gasteiger partial charge in [0.25, 0.3) is 5.91 Å². The molecule has 0 saturated heterocycles. The molecule has 0 saturated carbocycles. The van der Waals surface area contributed by atoms with Crippen molar-refractivity contribution in [1.82, 2.24) is 9.80 Å². The summed E-state index contributed by atoms with van der Waals surface area (Å²) in [6.45, 7) is 3.85. The van der Waals surface area contributed by atoms with E-state index in [2.05, 4.69) is 5.32 Å². The number of likely N-dealkylation sites (N-methyl/N-ethyl adjacent to an activating group) is 2. The van der Waals surface area contributed by atoms with E-state index in [1.165, 1.54) is 19.0 Å².